The molecule has 2 rings (SSSR count). The molecule has 0 saturated carbocycles. The average molecular weight is 213 g/mol. The minimum Gasteiger partial charge on any atom is -0.507 e. The second-order valence-corrected chi connectivity index (χ2v) is 3.03. The Hall–Kier alpha value is -1.78. The number of aromatic nitrogens is 1. The van der Waals surface area contributed by atoms with Gasteiger partial charge in [0.15, 0.2) is 0 Å². The molecular weight excluding hydrogens is 207 g/mol. The van der Waals surface area contributed by atoms with Crippen LogP contribution in [0.1, 0.15) is 5.56 Å². The quantitative estimate of drug-likeness (QED) is 0.729. The molecule has 1 heterocycles. The molecule has 0 aliphatic heterocycles. The van der Waals surface area contributed by atoms with Crippen LogP contribution in [0.25, 0.3) is 10.9 Å². The van der Waals surface area contributed by atoms with E-state index < -0.39 is 17.5 Å². The van der Waals surface area contributed by atoms with Gasteiger partial charge >= 0.3 is 6.18 Å². The molecular formula is C10H6F3NO. The molecule has 0 aliphatic carbocycles. The van der Waals surface area contributed by atoms with E-state index in [1.807, 2.05) is 0 Å². The predicted molar refractivity (Wildman–Crippen MR) is 48.4 cm³/mol. The summed E-state index contributed by atoms with van der Waals surface area (Å²) in [5.74, 6) is -0.798. The summed E-state index contributed by atoms with van der Waals surface area (Å²) >= 11 is 0. The average Bonchev–Trinajstić information content (AvgIpc) is 2.15. The van der Waals surface area contributed by atoms with Gasteiger partial charge in [0, 0.05) is 11.6 Å². The van der Waals surface area contributed by atoms with Gasteiger partial charge in [-0.25, -0.2) is 0 Å². The van der Waals surface area contributed by atoms with Crippen molar-refractivity contribution in [2.45, 2.75) is 6.18 Å². The number of fused-ring (bicyclic) bond motifs is 1. The first-order valence-electron chi connectivity index (χ1n) is 4.14. The lowest BCUT2D eigenvalue weighted by Gasteiger charge is -2.10. The SMILES string of the molecule is Oc1ccc2cccnc2c1C(F)(F)F. The Balaban J connectivity index is 2.86. The lowest BCUT2D eigenvalue weighted by molar-refractivity contribution is -0.137. The lowest BCUT2D eigenvalue weighted by Crippen LogP contribution is -2.06. The van der Waals surface area contributed by atoms with Crippen molar-refractivity contribution >= 4 is 10.9 Å². The number of alkyl halides is 3. The summed E-state index contributed by atoms with van der Waals surface area (Å²) in [6.45, 7) is 0. The molecule has 0 aliphatic rings. The first-order valence-corrected chi connectivity index (χ1v) is 4.14. The number of nitrogens with zero attached hydrogens (tertiary/aromatic N) is 1. The number of benzene rings is 1. The van der Waals surface area contributed by atoms with Crippen molar-refractivity contribution < 1.29 is 18.3 Å². The normalized spacial score (nSPS) is 11.9. The summed E-state index contributed by atoms with van der Waals surface area (Å²) in [6.07, 6.45) is -3.34. The third-order valence-corrected chi connectivity index (χ3v) is 2.04. The van der Waals surface area contributed by atoms with Gasteiger partial charge in [-0.1, -0.05) is 6.07 Å². The molecule has 0 bridgehead atoms. The van der Waals surface area contributed by atoms with Gasteiger partial charge in [-0.3, -0.25) is 4.98 Å². The van der Waals surface area contributed by atoms with E-state index in [2.05, 4.69) is 4.98 Å². The van der Waals surface area contributed by atoms with Crippen molar-refractivity contribution in [3.63, 3.8) is 0 Å². The van der Waals surface area contributed by atoms with E-state index in [9.17, 15) is 18.3 Å². The molecule has 1 aromatic carbocycles. The number of hydrogen-bond acceptors (Lipinski definition) is 2. The van der Waals surface area contributed by atoms with Crippen molar-refractivity contribution in [3.8, 4) is 5.75 Å². The first-order chi connectivity index (χ1) is 7.00. The highest BCUT2D eigenvalue weighted by Crippen LogP contribution is 2.39. The molecule has 0 saturated heterocycles. The van der Waals surface area contributed by atoms with E-state index in [4.69, 9.17) is 0 Å². The molecule has 2 nitrogen and oxygen atoms in total. The third kappa shape index (κ3) is 1.60. The molecule has 0 radical (unpaired) electrons. The largest absolute Gasteiger partial charge is 0.507 e. The highest BCUT2D eigenvalue weighted by molar-refractivity contribution is 5.84. The Morgan fingerprint density at radius 3 is 2.53 bits per heavy atom. The van der Waals surface area contributed by atoms with Crippen molar-refractivity contribution in [2.24, 2.45) is 0 Å². The molecule has 0 amide bonds. The van der Waals surface area contributed by atoms with Crippen LogP contribution in [0.3, 0.4) is 0 Å². The number of hydrogen-bond donors (Lipinski definition) is 1. The van der Waals surface area contributed by atoms with Gasteiger partial charge in [-0.2, -0.15) is 13.2 Å². The zero-order valence-corrected chi connectivity index (χ0v) is 7.42. The summed E-state index contributed by atoms with van der Waals surface area (Å²) in [6, 6.07) is 5.47. The van der Waals surface area contributed by atoms with E-state index in [-0.39, 0.29) is 5.52 Å². The number of rotatable bonds is 0. The Labute approximate surface area is 83.0 Å². The van der Waals surface area contributed by atoms with Crippen LogP contribution >= 0.6 is 0 Å². The standard InChI is InChI=1S/C10H6F3NO/c11-10(12,13)8-7(15)4-3-6-2-1-5-14-9(6)8/h1-5,15H. The topological polar surface area (TPSA) is 33.1 Å². The minimum absolute atomic E-state index is 0.231. The zero-order chi connectivity index (χ0) is 11.1. The van der Waals surface area contributed by atoms with Crippen LogP contribution in [0, 0.1) is 0 Å². The highest BCUT2D eigenvalue weighted by Gasteiger charge is 2.36. The predicted octanol–water partition coefficient (Wildman–Crippen LogP) is 2.96. The molecule has 0 unspecified atom stereocenters. The third-order valence-electron chi connectivity index (χ3n) is 2.04. The van der Waals surface area contributed by atoms with Gasteiger partial charge in [0.1, 0.15) is 11.3 Å². The summed E-state index contributed by atoms with van der Waals surface area (Å²) in [5, 5.41) is 9.53. The van der Waals surface area contributed by atoms with Crippen LogP contribution in [0.4, 0.5) is 13.2 Å². The molecule has 78 valence electrons. The fourth-order valence-electron chi connectivity index (χ4n) is 1.41. The minimum atomic E-state index is -4.60. The van der Waals surface area contributed by atoms with Crippen molar-refractivity contribution in [2.75, 3.05) is 0 Å². The Bertz CT molecular complexity index is 507. The molecule has 5 heteroatoms. The molecule has 1 N–H and O–H groups in total. The van der Waals surface area contributed by atoms with Crippen LogP contribution in [-0.4, -0.2) is 10.1 Å². The summed E-state index contributed by atoms with van der Waals surface area (Å²) in [4.78, 5) is 3.63. The first kappa shape index (κ1) is 9.76. The molecule has 0 spiro atoms. The Morgan fingerprint density at radius 1 is 1.13 bits per heavy atom. The van der Waals surface area contributed by atoms with Gasteiger partial charge in [0.25, 0.3) is 0 Å². The van der Waals surface area contributed by atoms with E-state index in [0.717, 1.165) is 6.07 Å². The Morgan fingerprint density at radius 2 is 1.87 bits per heavy atom. The van der Waals surface area contributed by atoms with Gasteiger partial charge in [0.2, 0.25) is 0 Å². The summed E-state index contributed by atoms with van der Waals surface area (Å²) in [5.41, 5.74) is -1.31. The molecule has 0 fully saturated rings. The van der Waals surface area contributed by atoms with Crippen LogP contribution in [0.5, 0.6) is 5.75 Å². The molecule has 15 heavy (non-hydrogen) atoms. The van der Waals surface area contributed by atoms with Gasteiger partial charge < -0.3 is 5.11 Å². The number of phenolic OH excluding ortho intramolecular Hbond substituents is 1. The maximum atomic E-state index is 12.6. The second-order valence-electron chi connectivity index (χ2n) is 3.03. The van der Waals surface area contributed by atoms with Crippen LogP contribution in [0.15, 0.2) is 30.5 Å². The number of halogens is 3. The maximum Gasteiger partial charge on any atom is 0.422 e. The number of phenols is 1. The number of aromatic hydroxyl groups is 1. The summed E-state index contributed by atoms with van der Waals surface area (Å²) < 4.78 is 37.7. The maximum absolute atomic E-state index is 12.6. The smallest absolute Gasteiger partial charge is 0.422 e. The molecule has 0 atom stereocenters. The van der Waals surface area contributed by atoms with Gasteiger partial charge in [-0.15, -0.1) is 0 Å². The Kier molecular flexibility index (Phi) is 2.03. The van der Waals surface area contributed by atoms with Crippen LogP contribution in [0.2, 0.25) is 0 Å². The zero-order valence-electron chi connectivity index (χ0n) is 7.42. The van der Waals surface area contributed by atoms with Crippen molar-refractivity contribution in [1.82, 2.24) is 4.98 Å². The lowest BCUT2D eigenvalue weighted by atomic mass is 10.1. The van der Waals surface area contributed by atoms with E-state index >= 15 is 0 Å². The van der Waals surface area contributed by atoms with E-state index in [1.54, 1.807) is 6.07 Å². The van der Waals surface area contributed by atoms with E-state index in [0.29, 0.717) is 5.39 Å². The number of pyridine rings is 1. The van der Waals surface area contributed by atoms with Crippen molar-refractivity contribution in [3.05, 3.63) is 36.0 Å². The van der Waals surface area contributed by atoms with Gasteiger partial charge in [0.05, 0.1) is 5.52 Å². The van der Waals surface area contributed by atoms with E-state index in [1.165, 1.54) is 18.3 Å². The van der Waals surface area contributed by atoms with Crippen LogP contribution in [-0.2, 0) is 6.18 Å². The molecule has 2 aromatic rings. The van der Waals surface area contributed by atoms with Crippen LogP contribution < -0.4 is 0 Å². The molecule has 1 aromatic heterocycles. The summed E-state index contributed by atoms with van der Waals surface area (Å²) in [7, 11) is 0. The van der Waals surface area contributed by atoms with Crippen molar-refractivity contribution in [1.29, 1.82) is 0 Å². The fraction of sp³-hybridized carbons (Fsp3) is 0.100. The highest BCUT2D eigenvalue weighted by atomic mass is 19.4. The van der Waals surface area contributed by atoms with Gasteiger partial charge in [-0.05, 0) is 18.2 Å². The second kappa shape index (κ2) is 3.12. The fourth-order valence-corrected chi connectivity index (χ4v) is 1.41. The monoisotopic (exact) mass is 213 g/mol.